The van der Waals surface area contributed by atoms with Gasteiger partial charge < -0.3 is 10.1 Å². The van der Waals surface area contributed by atoms with Crippen molar-refractivity contribution in [3.05, 3.63) is 59.1 Å². The quantitative estimate of drug-likeness (QED) is 0.769. The van der Waals surface area contributed by atoms with E-state index >= 15 is 0 Å². The third-order valence-corrected chi connectivity index (χ3v) is 4.04. The first-order valence-corrected chi connectivity index (χ1v) is 8.90. The zero-order valence-electron chi connectivity index (χ0n) is 15.0. The largest absolute Gasteiger partial charge is 0.492 e. The first kappa shape index (κ1) is 19.8. The maximum atomic E-state index is 12.3. The number of carbonyl (C=O) groups excluding carboxylic acids is 2. The molecule has 138 valence electrons. The molecule has 2 aromatic carbocycles. The lowest BCUT2D eigenvalue weighted by molar-refractivity contribution is -0.123. The highest BCUT2D eigenvalue weighted by atomic mass is 35.5. The van der Waals surface area contributed by atoms with Crippen molar-refractivity contribution in [2.24, 2.45) is 0 Å². The van der Waals surface area contributed by atoms with Crippen LogP contribution in [0.5, 0.6) is 5.75 Å². The zero-order valence-corrected chi connectivity index (χ0v) is 15.8. The van der Waals surface area contributed by atoms with Crippen LogP contribution < -0.4 is 15.0 Å². The monoisotopic (exact) mass is 374 g/mol. The number of carbonyl (C=O) groups is 2. The summed E-state index contributed by atoms with van der Waals surface area (Å²) in [5.41, 5.74) is 1.68. The number of ether oxygens (including phenoxy) is 1. The van der Waals surface area contributed by atoms with Gasteiger partial charge in [0, 0.05) is 18.5 Å². The molecule has 0 fully saturated rings. The molecular formula is C20H23ClN2O3. The fraction of sp³-hybridized carbons (Fsp3) is 0.300. The molecule has 1 N–H and O–H groups in total. The first-order chi connectivity index (χ1) is 12.5. The van der Waals surface area contributed by atoms with Gasteiger partial charge in [0.2, 0.25) is 11.8 Å². The van der Waals surface area contributed by atoms with Crippen molar-refractivity contribution in [3.63, 3.8) is 0 Å². The zero-order chi connectivity index (χ0) is 18.9. The van der Waals surface area contributed by atoms with Crippen LogP contribution in [-0.2, 0) is 16.0 Å². The van der Waals surface area contributed by atoms with Crippen LogP contribution in [0.1, 0.15) is 19.4 Å². The summed E-state index contributed by atoms with van der Waals surface area (Å²) in [6, 6.07) is 14.7. The summed E-state index contributed by atoms with van der Waals surface area (Å²) >= 11 is 5.86. The van der Waals surface area contributed by atoms with Gasteiger partial charge in [0.15, 0.2) is 0 Å². The standard InChI is InChI=1S/C20H23ClN2O3/c1-3-26-19-7-5-4-6-18(19)23(15(2)24)14-20(25)22-13-12-16-8-10-17(21)11-9-16/h4-11H,3,12-14H2,1-2H3,(H,22,25). The summed E-state index contributed by atoms with van der Waals surface area (Å²) in [5, 5.41) is 3.53. The van der Waals surface area contributed by atoms with E-state index in [-0.39, 0.29) is 18.4 Å². The van der Waals surface area contributed by atoms with Crippen molar-refractivity contribution in [2.75, 3.05) is 24.6 Å². The highest BCUT2D eigenvalue weighted by Gasteiger charge is 2.19. The van der Waals surface area contributed by atoms with Crippen LogP contribution in [0.3, 0.4) is 0 Å². The van der Waals surface area contributed by atoms with Gasteiger partial charge in [-0.2, -0.15) is 0 Å². The lowest BCUT2D eigenvalue weighted by Crippen LogP contribution is -2.40. The Bertz CT molecular complexity index is 747. The maximum absolute atomic E-state index is 12.3. The number of anilines is 1. The Kier molecular flexibility index (Phi) is 7.48. The van der Waals surface area contributed by atoms with E-state index in [0.29, 0.717) is 36.0 Å². The van der Waals surface area contributed by atoms with Crippen molar-refractivity contribution in [1.82, 2.24) is 5.32 Å². The Morgan fingerprint density at radius 3 is 2.46 bits per heavy atom. The Labute approximate surface area is 158 Å². The fourth-order valence-electron chi connectivity index (χ4n) is 2.52. The summed E-state index contributed by atoms with van der Waals surface area (Å²) in [5.74, 6) is 0.143. The van der Waals surface area contributed by atoms with Crippen molar-refractivity contribution in [1.29, 1.82) is 0 Å². The van der Waals surface area contributed by atoms with Gasteiger partial charge in [-0.3, -0.25) is 14.5 Å². The summed E-state index contributed by atoms with van der Waals surface area (Å²) in [6.45, 7) is 4.22. The number of nitrogens with one attached hydrogen (secondary N) is 1. The van der Waals surface area contributed by atoms with E-state index < -0.39 is 0 Å². The molecule has 2 aromatic rings. The molecule has 0 radical (unpaired) electrons. The fourth-order valence-corrected chi connectivity index (χ4v) is 2.65. The van der Waals surface area contributed by atoms with Gasteiger partial charge in [-0.1, -0.05) is 35.9 Å². The van der Waals surface area contributed by atoms with Crippen molar-refractivity contribution in [3.8, 4) is 5.75 Å². The molecule has 0 unspecified atom stereocenters. The number of rotatable bonds is 8. The lowest BCUT2D eigenvalue weighted by Gasteiger charge is -2.23. The smallest absolute Gasteiger partial charge is 0.240 e. The minimum Gasteiger partial charge on any atom is -0.492 e. The van der Waals surface area contributed by atoms with E-state index in [2.05, 4.69) is 5.32 Å². The predicted octanol–water partition coefficient (Wildman–Crippen LogP) is 3.45. The van der Waals surface area contributed by atoms with Crippen LogP contribution in [0.25, 0.3) is 0 Å². The van der Waals surface area contributed by atoms with Crippen LogP contribution in [-0.4, -0.2) is 31.5 Å². The second-order valence-corrected chi connectivity index (χ2v) is 6.17. The second-order valence-electron chi connectivity index (χ2n) is 5.73. The van der Waals surface area contributed by atoms with Gasteiger partial charge in [-0.05, 0) is 43.2 Å². The SMILES string of the molecule is CCOc1ccccc1N(CC(=O)NCCc1ccc(Cl)cc1)C(C)=O. The molecule has 0 saturated carbocycles. The number of benzene rings is 2. The van der Waals surface area contributed by atoms with E-state index in [1.807, 2.05) is 43.3 Å². The molecule has 0 bridgehead atoms. The number of para-hydroxylation sites is 2. The van der Waals surface area contributed by atoms with Crippen molar-refractivity contribution < 1.29 is 14.3 Å². The Hall–Kier alpha value is -2.53. The molecule has 2 rings (SSSR count). The molecule has 0 aromatic heterocycles. The number of hydrogen-bond acceptors (Lipinski definition) is 3. The van der Waals surface area contributed by atoms with E-state index in [1.165, 1.54) is 11.8 Å². The Morgan fingerprint density at radius 1 is 1.12 bits per heavy atom. The van der Waals surface area contributed by atoms with Gasteiger partial charge in [0.1, 0.15) is 12.3 Å². The molecule has 0 saturated heterocycles. The van der Waals surface area contributed by atoms with Gasteiger partial charge in [0.05, 0.1) is 12.3 Å². The second kappa shape index (κ2) is 9.82. The number of hydrogen-bond donors (Lipinski definition) is 1. The Morgan fingerprint density at radius 2 is 1.81 bits per heavy atom. The van der Waals surface area contributed by atoms with Gasteiger partial charge in [-0.25, -0.2) is 0 Å². The third kappa shape index (κ3) is 5.77. The molecule has 0 aliphatic carbocycles. The van der Waals surface area contributed by atoms with E-state index in [0.717, 1.165) is 5.56 Å². The lowest BCUT2D eigenvalue weighted by atomic mass is 10.1. The van der Waals surface area contributed by atoms with Gasteiger partial charge >= 0.3 is 0 Å². The van der Waals surface area contributed by atoms with Gasteiger partial charge in [0.25, 0.3) is 0 Å². The highest BCUT2D eigenvalue weighted by Crippen LogP contribution is 2.28. The molecule has 2 amide bonds. The Balaban J connectivity index is 1.96. The van der Waals surface area contributed by atoms with Crippen LogP contribution in [0.2, 0.25) is 5.02 Å². The summed E-state index contributed by atoms with van der Waals surface area (Å²) in [6.07, 6.45) is 0.693. The molecule has 26 heavy (non-hydrogen) atoms. The minimum absolute atomic E-state index is 0.0555. The number of nitrogens with zero attached hydrogens (tertiary/aromatic N) is 1. The van der Waals surface area contributed by atoms with Crippen molar-refractivity contribution >= 4 is 29.1 Å². The van der Waals surface area contributed by atoms with Crippen LogP contribution >= 0.6 is 11.6 Å². The van der Waals surface area contributed by atoms with Crippen LogP contribution in [0.15, 0.2) is 48.5 Å². The van der Waals surface area contributed by atoms with E-state index in [1.54, 1.807) is 12.1 Å². The molecule has 5 nitrogen and oxygen atoms in total. The first-order valence-electron chi connectivity index (χ1n) is 8.52. The molecule has 0 spiro atoms. The van der Waals surface area contributed by atoms with Crippen LogP contribution in [0, 0.1) is 0 Å². The topological polar surface area (TPSA) is 58.6 Å². The summed E-state index contributed by atoms with van der Waals surface area (Å²) < 4.78 is 5.56. The molecule has 0 heterocycles. The average Bonchev–Trinajstić information content (AvgIpc) is 2.62. The third-order valence-electron chi connectivity index (χ3n) is 3.79. The molecule has 6 heteroatoms. The summed E-state index contributed by atoms with van der Waals surface area (Å²) in [4.78, 5) is 25.7. The molecule has 0 aliphatic rings. The predicted molar refractivity (Wildman–Crippen MR) is 104 cm³/mol. The molecule has 0 aliphatic heterocycles. The normalized spacial score (nSPS) is 10.3. The number of amides is 2. The van der Waals surface area contributed by atoms with E-state index in [9.17, 15) is 9.59 Å². The van der Waals surface area contributed by atoms with Crippen LogP contribution in [0.4, 0.5) is 5.69 Å². The molecular weight excluding hydrogens is 352 g/mol. The highest BCUT2D eigenvalue weighted by molar-refractivity contribution is 6.30. The molecule has 0 atom stereocenters. The summed E-state index contributed by atoms with van der Waals surface area (Å²) in [7, 11) is 0. The van der Waals surface area contributed by atoms with E-state index in [4.69, 9.17) is 16.3 Å². The maximum Gasteiger partial charge on any atom is 0.240 e. The van der Waals surface area contributed by atoms with Gasteiger partial charge in [-0.15, -0.1) is 0 Å². The minimum atomic E-state index is -0.222. The van der Waals surface area contributed by atoms with Crippen molar-refractivity contribution in [2.45, 2.75) is 20.3 Å². The number of halogens is 1. The average molecular weight is 375 g/mol.